The van der Waals surface area contributed by atoms with E-state index in [4.69, 9.17) is 28.6 Å². The van der Waals surface area contributed by atoms with Gasteiger partial charge in [-0.15, -0.1) is 0 Å². The number of anilines is 2. The topological polar surface area (TPSA) is 65.1 Å². The van der Waals surface area contributed by atoms with E-state index in [2.05, 4.69) is 17.1 Å². The minimum absolute atomic E-state index is 0.0102. The van der Waals surface area contributed by atoms with Crippen molar-refractivity contribution in [3.8, 4) is 5.75 Å². The summed E-state index contributed by atoms with van der Waals surface area (Å²) in [5, 5.41) is 3.90. The van der Waals surface area contributed by atoms with Gasteiger partial charge in [0, 0.05) is 17.3 Å². The fourth-order valence-corrected chi connectivity index (χ4v) is 5.27. The fourth-order valence-electron chi connectivity index (χ4n) is 4.73. The molecule has 2 aromatic carbocycles. The minimum Gasteiger partial charge on any atom is -0.497 e. The summed E-state index contributed by atoms with van der Waals surface area (Å²) in [6.45, 7) is 6.08. The Hall–Kier alpha value is -2.68. The van der Waals surface area contributed by atoms with Crippen molar-refractivity contribution in [2.75, 3.05) is 43.5 Å². The van der Waals surface area contributed by atoms with Crippen LogP contribution in [-0.4, -0.2) is 66.1 Å². The van der Waals surface area contributed by atoms with Gasteiger partial charge in [-0.25, -0.2) is 0 Å². The summed E-state index contributed by atoms with van der Waals surface area (Å²) in [6, 6.07) is 13.5. The molecule has 1 atom stereocenters. The molecule has 0 aromatic heterocycles. The highest BCUT2D eigenvalue weighted by Gasteiger charge is 2.43. The molecule has 2 heterocycles. The zero-order chi connectivity index (χ0) is 25.7. The largest absolute Gasteiger partial charge is 0.497 e. The highest BCUT2D eigenvalue weighted by molar-refractivity contribution is 7.80. The number of carbonyl (C=O) groups is 2. The normalized spacial score (nSPS) is 19.1. The van der Waals surface area contributed by atoms with E-state index in [0.717, 1.165) is 32.0 Å². The number of carbonyl (C=O) groups excluding carboxylic acids is 2. The Kier molecular flexibility index (Phi) is 8.82. The van der Waals surface area contributed by atoms with Crippen molar-refractivity contribution >= 4 is 52.1 Å². The van der Waals surface area contributed by atoms with Crippen molar-refractivity contribution < 1.29 is 14.3 Å². The summed E-state index contributed by atoms with van der Waals surface area (Å²) in [7, 11) is 1.59. The summed E-state index contributed by atoms with van der Waals surface area (Å²) >= 11 is 11.8. The zero-order valence-corrected chi connectivity index (χ0v) is 22.4. The maximum absolute atomic E-state index is 13.5. The van der Waals surface area contributed by atoms with Gasteiger partial charge >= 0.3 is 0 Å². The molecule has 2 aliphatic heterocycles. The number of amides is 2. The molecule has 0 unspecified atom stereocenters. The number of ether oxygens (including phenoxy) is 1. The molecule has 0 spiro atoms. The molecular formula is C27H33ClN4O3S. The van der Waals surface area contributed by atoms with Gasteiger partial charge in [-0.3, -0.25) is 14.5 Å². The number of thiocarbonyl (C=S) groups is 1. The smallest absolute Gasteiger partial charge is 0.256 e. The Morgan fingerprint density at radius 1 is 1.08 bits per heavy atom. The van der Waals surface area contributed by atoms with Crippen molar-refractivity contribution in [1.82, 2.24) is 9.80 Å². The fraction of sp³-hybridized carbons (Fsp3) is 0.444. The second kappa shape index (κ2) is 12.0. The third-order valence-corrected chi connectivity index (χ3v) is 7.57. The minimum atomic E-state index is -0.659. The van der Waals surface area contributed by atoms with E-state index in [-0.39, 0.29) is 18.2 Å². The van der Waals surface area contributed by atoms with Crippen molar-refractivity contribution in [2.24, 2.45) is 5.92 Å². The molecule has 0 saturated carbocycles. The van der Waals surface area contributed by atoms with Crippen molar-refractivity contribution in [1.29, 1.82) is 0 Å². The zero-order valence-electron chi connectivity index (χ0n) is 20.8. The molecule has 2 aromatic rings. The third kappa shape index (κ3) is 6.35. The molecule has 2 aliphatic rings. The van der Waals surface area contributed by atoms with Gasteiger partial charge < -0.3 is 19.9 Å². The number of hydrogen-bond acceptors (Lipinski definition) is 5. The van der Waals surface area contributed by atoms with Crippen LogP contribution in [0.2, 0.25) is 5.02 Å². The molecule has 2 fully saturated rings. The average Bonchev–Trinajstić information content (AvgIpc) is 3.10. The molecule has 0 bridgehead atoms. The van der Waals surface area contributed by atoms with Crippen LogP contribution in [0.25, 0.3) is 0 Å². The Bertz CT molecular complexity index is 1070. The highest BCUT2D eigenvalue weighted by atomic mass is 35.5. The van der Waals surface area contributed by atoms with Gasteiger partial charge in [-0.1, -0.05) is 18.5 Å². The van der Waals surface area contributed by atoms with Crippen LogP contribution in [0.4, 0.5) is 11.4 Å². The van der Waals surface area contributed by atoms with Gasteiger partial charge in [0.15, 0.2) is 5.11 Å². The molecule has 9 heteroatoms. The molecule has 4 rings (SSSR count). The standard InChI is InChI=1S/C27H33ClN4O3S/c1-19-12-16-30(17-13-19)14-3-15-31-24(18-25(33)29-21-6-10-23(35-2)11-7-21)26(34)32(27(31)36)22-8-4-20(28)5-9-22/h4-11,19,24H,3,12-18H2,1-2H3,(H,29,33)/t24-/m0/s1. The van der Waals surface area contributed by atoms with Crippen LogP contribution in [0.5, 0.6) is 5.75 Å². The maximum atomic E-state index is 13.5. The molecule has 2 amide bonds. The van der Waals surface area contributed by atoms with E-state index in [1.54, 1.807) is 55.6 Å². The Morgan fingerprint density at radius 3 is 2.39 bits per heavy atom. The van der Waals surface area contributed by atoms with Gasteiger partial charge in [0.2, 0.25) is 5.91 Å². The Balaban J connectivity index is 1.45. The predicted octanol–water partition coefficient (Wildman–Crippen LogP) is 4.80. The number of hydrogen-bond donors (Lipinski definition) is 1. The van der Waals surface area contributed by atoms with Crippen LogP contribution in [0.3, 0.4) is 0 Å². The van der Waals surface area contributed by atoms with Crippen molar-refractivity contribution in [3.05, 3.63) is 53.6 Å². The Labute approximate surface area is 223 Å². The van der Waals surface area contributed by atoms with Gasteiger partial charge in [0.25, 0.3) is 5.91 Å². The predicted molar refractivity (Wildman–Crippen MR) is 148 cm³/mol. The van der Waals surface area contributed by atoms with Gasteiger partial charge in [0.1, 0.15) is 11.8 Å². The molecule has 2 saturated heterocycles. The van der Waals surface area contributed by atoms with E-state index in [1.165, 1.54) is 17.7 Å². The number of nitrogens with one attached hydrogen (secondary N) is 1. The number of halogens is 1. The van der Waals surface area contributed by atoms with Crippen LogP contribution in [0.15, 0.2) is 48.5 Å². The Morgan fingerprint density at radius 2 is 1.75 bits per heavy atom. The van der Waals surface area contributed by atoms with Crippen LogP contribution in [-0.2, 0) is 9.59 Å². The van der Waals surface area contributed by atoms with Crippen LogP contribution < -0.4 is 15.0 Å². The molecule has 1 N–H and O–H groups in total. The average molecular weight is 529 g/mol. The lowest BCUT2D eigenvalue weighted by Crippen LogP contribution is -2.40. The van der Waals surface area contributed by atoms with Gasteiger partial charge in [-0.05, 0) is 106 Å². The first-order valence-corrected chi connectivity index (χ1v) is 13.2. The third-order valence-electron chi connectivity index (χ3n) is 6.91. The summed E-state index contributed by atoms with van der Waals surface area (Å²) < 4.78 is 5.17. The van der Waals surface area contributed by atoms with E-state index in [0.29, 0.717) is 33.8 Å². The van der Waals surface area contributed by atoms with E-state index in [9.17, 15) is 9.59 Å². The molecule has 0 radical (unpaired) electrons. The van der Waals surface area contributed by atoms with Crippen molar-refractivity contribution in [3.63, 3.8) is 0 Å². The first-order chi connectivity index (χ1) is 17.4. The van der Waals surface area contributed by atoms with E-state index < -0.39 is 6.04 Å². The second-order valence-corrected chi connectivity index (χ2v) is 10.3. The lowest BCUT2D eigenvalue weighted by atomic mass is 9.99. The first kappa shape index (κ1) is 26.4. The molecule has 192 valence electrons. The maximum Gasteiger partial charge on any atom is 0.256 e. The summed E-state index contributed by atoms with van der Waals surface area (Å²) in [5.74, 6) is 1.05. The number of nitrogens with zero attached hydrogens (tertiary/aromatic N) is 3. The van der Waals surface area contributed by atoms with Crippen LogP contribution in [0.1, 0.15) is 32.6 Å². The molecular weight excluding hydrogens is 496 g/mol. The monoisotopic (exact) mass is 528 g/mol. The number of methoxy groups -OCH3 is 1. The van der Waals surface area contributed by atoms with Gasteiger partial charge in [-0.2, -0.15) is 0 Å². The lowest BCUT2D eigenvalue weighted by Gasteiger charge is -2.31. The van der Waals surface area contributed by atoms with Gasteiger partial charge in [0.05, 0.1) is 19.2 Å². The first-order valence-electron chi connectivity index (χ1n) is 12.4. The van der Waals surface area contributed by atoms with Crippen molar-refractivity contribution in [2.45, 2.75) is 38.6 Å². The van der Waals surface area contributed by atoms with E-state index in [1.807, 2.05) is 4.90 Å². The van der Waals surface area contributed by atoms with Crippen LogP contribution >= 0.6 is 23.8 Å². The van der Waals surface area contributed by atoms with Crippen LogP contribution in [0, 0.1) is 5.92 Å². The summed E-state index contributed by atoms with van der Waals surface area (Å²) in [4.78, 5) is 32.4. The summed E-state index contributed by atoms with van der Waals surface area (Å²) in [6.07, 6.45) is 3.32. The number of piperidine rings is 1. The van der Waals surface area contributed by atoms with E-state index >= 15 is 0 Å². The number of likely N-dealkylation sites (tertiary alicyclic amines) is 1. The quantitative estimate of drug-likeness (QED) is 0.472. The number of rotatable bonds is 9. The second-order valence-electron chi connectivity index (χ2n) is 9.50. The number of benzene rings is 2. The SMILES string of the molecule is COc1ccc(NC(=O)C[C@H]2C(=O)N(c3ccc(Cl)cc3)C(=S)N2CCCN2CCC(C)CC2)cc1. The molecule has 0 aliphatic carbocycles. The lowest BCUT2D eigenvalue weighted by molar-refractivity contribution is -0.124. The summed E-state index contributed by atoms with van der Waals surface area (Å²) in [5.41, 5.74) is 1.30. The highest BCUT2D eigenvalue weighted by Crippen LogP contribution is 2.29. The molecule has 36 heavy (non-hydrogen) atoms. The molecule has 7 nitrogen and oxygen atoms in total.